The number of hydrogen-bond acceptors (Lipinski definition) is 3. The van der Waals surface area contributed by atoms with Crippen LogP contribution in [0.15, 0.2) is 42.6 Å². The van der Waals surface area contributed by atoms with Gasteiger partial charge in [-0.05, 0) is 18.2 Å². The third kappa shape index (κ3) is 1.60. The lowest BCUT2D eigenvalue weighted by Crippen LogP contribution is -2.11. The predicted octanol–water partition coefficient (Wildman–Crippen LogP) is 2.85. The minimum Gasteiger partial charge on any atom is -0.362 e. The SMILES string of the molecule is CN(C)c1nccc2nc3ccccc3cc12. The first-order valence-electron chi connectivity index (χ1n) is 5.57. The van der Waals surface area contributed by atoms with Crippen LogP contribution in [0.5, 0.6) is 0 Å². The molecule has 2 aromatic heterocycles. The number of hydrogen-bond donors (Lipinski definition) is 0. The highest BCUT2D eigenvalue weighted by atomic mass is 15.1. The summed E-state index contributed by atoms with van der Waals surface area (Å²) < 4.78 is 0. The van der Waals surface area contributed by atoms with E-state index in [9.17, 15) is 0 Å². The molecule has 0 unspecified atom stereocenters. The van der Waals surface area contributed by atoms with E-state index in [1.54, 1.807) is 6.20 Å². The van der Waals surface area contributed by atoms with Gasteiger partial charge in [0.15, 0.2) is 0 Å². The molecule has 2 heterocycles. The molecule has 3 heteroatoms. The number of anilines is 1. The molecule has 0 amide bonds. The summed E-state index contributed by atoms with van der Waals surface area (Å²) in [4.78, 5) is 11.1. The summed E-state index contributed by atoms with van der Waals surface area (Å²) in [7, 11) is 3.99. The molecule has 1 aromatic carbocycles. The van der Waals surface area contributed by atoms with Crippen LogP contribution < -0.4 is 4.90 Å². The normalized spacial score (nSPS) is 10.9. The van der Waals surface area contributed by atoms with Gasteiger partial charge >= 0.3 is 0 Å². The first-order valence-corrected chi connectivity index (χ1v) is 5.57. The van der Waals surface area contributed by atoms with Crippen LogP contribution in [0.3, 0.4) is 0 Å². The molecule has 0 N–H and O–H groups in total. The molecular formula is C14H13N3. The Morgan fingerprint density at radius 3 is 2.65 bits per heavy atom. The summed E-state index contributed by atoms with van der Waals surface area (Å²) in [5.74, 6) is 0.959. The van der Waals surface area contributed by atoms with Crippen LogP contribution in [0.1, 0.15) is 0 Å². The fourth-order valence-electron chi connectivity index (χ4n) is 2.04. The third-order valence-corrected chi connectivity index (χ3v) is 2.85. The second-order valence-electron chi connectivity index (χ2n) is 4.28. The Morgan fingerprint density at radius 1 is 1.00 bits per heavy atom. The van der Waals surface area contributed by atoms with Crippen LogP contribution in [0, 0.1) is 0 Å². The summed E-state index contributed by atoms with van der Waals surface area (Å²) in [6, 6.07) is 12.3. The van der Waals surface area contributed by atoms with Crippen LogP contribution in [-0.4, -0.2) is 24.1 Å². The van der Waals surface area contributed by atoms with Crippen LogP contribution >= 0.6 is 0 Å². The van der Waals surface area contributed by atoms with E-state index in [2.05, 4.69) is 22.1 Å². The van der Waals surface area contributed by atoms with Crippen molar-refractivity contribution in [3.8, 4) is 0 Å². The molecule has 0 saturated heterocycles. The Labute approximate surface area is 99.7 Å². The van der Waals surface area contributed by atoms with Gasteiger partial charge < -0.3 is 4.90 Å². The van der Waals surface area contributed by atoms with E-state index in [4.69, 9.17) is 0 Å². The van der Waals surface area contributed by atoms with Gasteiger partial charge in [0.1, 0.15) is 5.82 Å². The Kier molecular flexibility index (Phi) is 2.18. The van der Waals surface area contributed by atoms with Crippen molar-refractivity contribution in [1.29, 1.82) is 0 Å². The van der Waals surface area contributed by atoms with Crippen LogP contribution in [0.25, 0.3) is 21.8 Å². The van der Waals surface area contributed by atoms with Gasteiger partial charge in [-0.2, -0.15) is 0 Å². The average molecular weight is 223 g/mol. The third-order valence-electron chi connectivity index (χ3n) is 2.85. The molecule has 84 valence electrons. The Balaban J connectivity index is 2.43. The predicted molar refractivity (Wildman–Crippen MR) is 71.4 cm³/mol. The highest BCUT2D eigenvalue weighted by Gasteiger charge is 2.06. The molecule has 0 aliphatic rings. The average Bonchev–Trinajstić information content (AvgIpc) is 2.35. The van der Waals surface area contributed by atoms with Crippen LogP contribution in [0.2, 0.25) is 0 Å². The second-order valence-corrected chi connectivity index (χ2v) is 4.28. The van der Waals surface area contributed by atoms with E-state index in [1.807, 2.05) is 43.3 Å². The number of aromatic nitrogens is 2. The Morgan fingerprint density at radius 2 is 1.82 bits per heavy atom. The number of pyridine rings is 2. The standard InChI is InChI=1S/C14H13N3/c1-17(2)14-11-9-10-5-3-4-6-12(10)16-13(11)7-8-15-14/h3-9H,1-2H3. The fraction of sp³-hybridized carbons (Fsp3) is 0.143. The van der Waals surface area contributed by atoms with Crippen molar-refractivity contribution in [2.24, 2.45) is 0 Å². The van der Waals surface area contributed by atoms with E-state index in [0.717, 1.165) is 27.6 Å². The zero-order chi connectivity index (χ0) is 11.8. The zero-order valence-corrected chi connectivity index (χ0v) is 9.88. The largest absolute Gasteiger partial charge is 0.362 e. The monoisotopic (exact) mass is 223 g/mol. The molecule has 17 heavy (non-hydrogen) atoms. The lowest BCUT2D eigenvalue weighted by Gasteiger charge is -2.13. The molecular weight excluding hydrogens is 210 g/mol. The molecule has 0 spiro atoms. The number of rotatable bonds is 1. The quantitative estimate of drug-likeness (QED) is 0.594. The van der Waals surface area contributed by atoms with Crippen molar-refractivity contribution in [3.63, 3.8) is 0 Å². The molecule has 3 rings (SSSR count). The highest BCUT2D eigenvalue weighted by molar-refractivity contribution is 5.98. The minimum atomic E-state index is 0.959. The summed E-state index contributed by atoms with van der Waals surface area (Å²) in [6.45, 7) is 0. The Bertz CT molecular complexity index is 689. The van der Waals surface area contributed by atoms with Gasteiger partial charge in [-0.25, -0.2) is 9.97 Å². The molecule has 3 nitrogen and oxygen atoms in total. The van der Waals surface area contributed by atoms with Gasteiger partial charge in [-0.15, -0.1) is 0 Å². The van der Waals surface area contributed by atoms with E-state index in [0.29, 0.717) is 0 Å². The summed E-state index contributed by atoms with van der Waals surface area (Å²) in [5, 5.41) is 2.24. The van der Waals surface area contributed by atoms with Crippen molar-refractivity contribution in [1.82, 2.24) is 9.97 Å². The lowest BCUT2D eigenvalue weighted by molar-refractivity contribution is 1.08. The number of para-hydroxylation sites is 1. The minimum absolute atomic E-state index is 0.959. The van der Waals surface area contributed by atoms with Gasteiger partial charge in [0.2, 0.25) is 0 Å². The van der Waals surface area contributed by atoms with Crippen molar-refractivity contribution < 1.29 is 0 Å². The summed E-state index contributed by atoms with van der Waals surface area (Å²) in [5.41, 5.74) is 2.01. The molecule has 3 aromatic rings. The fourth-order valence-corrected chi connectivity index (χ4v) is 2.04. The highest BCUT2D eigenvalue weighted by Crippen LogP contribution is 2.25. The van der Waals surface area contributed by atoms with E-state index in [1.165, 1.54) is 0 Å². The van der Waals surface area contributed by atoms with Gasteiger partial charge in [-0.1, -0.05) is 18.2 Å². The van der Waals surface area contributed by atoms with Gasteiger partial charge in [-0.3, -0.25) is 0 Å². The van der Waals surface area contributed by atoms with Crippen molar-refractivity contribution in [2.45, 2.75) is 0 Å². The van der Waals surface area contributed by atoms with Crippen LogP contribution in [-0.2, 0) is 0 Å². The molecule has 0 saturated carbocycles. The van der Waals surface area contributed by atoms with Gasteiger partial charge in [0, 0.05) is 31.1 Å². The zero-order valence-electron chi connectivity index (χ0n) is 9.88. The van der Waals surface area contributed by atoms with E-state index >= 15 is 0 Å². The first kappa shape index (κ1) is 10.0. The Hall–Kier alpha value is -2.16. The topological polar surface area (TPSA) is 29.0 Å². The van der Waals surface area contributed by atoms with Crippen molar-refractivity contribution >= 4 is 27.6 Å². The molecule has 0 aliphatic heterocycles. The van der Waals surface area contributed by atoms with Crippen molar-refractivity contribution in [2.75, 3.05) is 19.0 Å². The smallest absolute Gasteiger partial charge is 0.137 e. The molecule has 0 atom stereocenters. The molecule has 0 fully saturated rings. The maximum absolute atomic E-state index is 4.65. The maximum atomic E-state index is 4.65. The molecule has 0 aliphatic carbocycles. The molecule has 0 bridgehead atoms. The van der Waals surface area contributed by atoms with Crippen molar-refractivity contribution in [3.05, 3.63) is 42.6 Å². The second kappa shape index (κ2) is 3.70. The summed E-state index contributed by atoms with van der Waals surface area (Å²) >= 11 is 0. The lowest BCUT2D eigenvalue weighted by atomic mass is 10.1. The number of fused-ring (bicyclic) bond motifs is 2. The maximum Gasteiger partial charge on any atom is 0.137 e. The first-order chi connectivity index (χ1) is 8.25. The van der Waals surface area contributed by atoms with E-state index in [-0.39, 0.29) is 0 Å². The number of nitrogens with zero attached hydrogens (tertiary/aromatic N) is 3. The number of benzene rings is 1. The van der Waals surface area contributed by atoms with E-state index < -0.39 is 0 Å². The van der Waals surface area contributed by atoms with Gasteiger partial charge in [0.05, 0.1) is 11.0 Å². The summed E-state index contributed by atoms with van der Waals surface area (Å²) in [6.07, 6.45) is 1.80. The van der Waals surface area contributed by atoms with Gasteiger partial charge in [0.25, 0.3) is 0 Å². The molecule has 0 radical (unpaired) electrons. The van der Waals surface area contributed by atoms with Crippen LogP contribution in [0.4, 0.5) is 5.82 Å².